The predicted molar refractivity (Wildman–Crippen MR) is 127 cm³/mol. The third kappa shape index (κ3) is 2.76. The van der Waals surface area contributed by atoms with E-state index >= 15 is 0 Å². The van der Waals surface area contributed by atoms with Gasteiger partial charge in [0.1, 0.15) is 13.8 Å². The third-order valence-corrected chi connectivity index (χ3v) is 14.5. The van der Waals surface area contributed by atoms with Crippen LogP contribution in [0, 0.1) is 6.92 Å². The van der Waals surface area contributed by atoms with Crippen LogP contribution in [0.5, 0.6) is 5.75 Å². The zero-order valence-electron chi connectivity index (χ0n) is 17.7. The molecule has 0 spiro atoms. The van der Waals surface area contributed by atoms with Gasteiger partial charge >= 0.3 is 0 Å². The Kier molecular flexibility index (Phi) is 4.88. The van der Waals surface area contributed by atoms with Crippen molar-refractivity contribution >= 4 is 35.9 Å². The lowest BCUT2D eigenvalue weighted by Crippen LogP contribution is -2.52. The molecule has 4 rings (SSSR count). The van der Waals surface area contributed by atoms with Gasteiger partial charge in [-0.15, -0.1) is 22.7 Å². The summed E-state index contributed by atoms with van der Waals surface area (Å²) < 4.78 is 0. The first-order valence-electron chi connectivity index (χ1n) is 10.2. The normalized spacial score (nSPS) is 14.4. The molecule has 1 aliphatic rings. The van der Waals surface area contributed by atoms with E-state index in [1.165, 1.54) is 37.2 Å². The minimum atomic E-state index is -2.01. The number of benzene rings is 1. The SMILES string of the molecule is CC[Si](CC)(c1cc(C)c(C(C)(C)C)cc1O)C1c2ccsc2-c2sccc21. The number of rotatable bonds is 4. The van der Waals surface area contributed by atoms with Crippen LogP contribution in [-0.2, 0) is 5.41 Å². The van der Waals surface area contributed by atoms with Gasteiger partial charge in [0.2, 0.25) is 0 Å². The van der Waals surface area contributed by atoms with Crippen molar-refractivity contribution < 1.29 is 5.11 Å². The number of aryl methyl sites for hydroxylation is 1. The fourth-order valence-electron chi connectivity index (χ4n) is 5.32. The van der Waals surface area contributed by atoms with Crippen molar-refractivity contribution in [2.45, 2.75) is 64.6 Å². The fraction of sp³-hybridized carbons (Fsp3) is 0.417. The molecule has 1 nitrogen and oxygen atoms in total. The Labute approximate surface area is 178 Å². The number of hydrogen-bond donors (Lipinski definition) is 1. The van der Waals surface area contributed by atoms with E-state index in [9.17, 15) is 5.11 Å². The molecule has 3 aromatic rings. The molecule has 0 aliphatic heterocycles. The van der Waals surface area contributed by atoms with E-state index in [4.69, 9.17) is 0 Å². The number of hydrogen-bond acceptors (Lipinski definition) is 3. The third-order valence-electron chi connectivity index (χ3n) is 6.72. The van der Waals surface area contributed by atoms with Gasteiger partial charge in [0, 0.05) is 15.3 Å². The van der Waals surface area contributed by atoms with Crippen molar-refractivity contribution in [2.75, 3.05) is 0 Å². The quantitative estimate of drug-likeness (QED) is 0.438. The van der Waals surface area contributed by atoms with Crippen molar-refractivity contribution in [1.82, 2.24) is 0 Å². The molecule has 0 fully saturated rings. The second kappa shape index (κ2) is 6.86. The van der Waals surface area contributed by atoms with Crippen LogP contribution in [0.25, 0.3) is 9.75 Å². The average molecular weight is 427 g/mol. The molecule has 148 valence electrons. The molecule has 1 aliphatic carbocycles. The zero-order valence-corrected chi connectivity index (χ0v) is 20.4. The first-order chi connectivity index (χ1) is 13.2. The van der Waals surface area contributed by atoms with Gasteiger partial charge in [-0.05, 0) is 68.7 Å². The van der Waals surface area contributed by atoms with Crippen LogP contribution in [0.2, 0.25) is 12.1 Å². The van der Waals surface area contributed by atoms with E-state index in [-0.39, 0.29) is 5.41 Å². The summed E-state index contributed by atoms with van der Waals surface area (Å²) in [6, 6.07) is 11.4. The zero-order chi connectivity index (χ0) is 20.3. The van der Waals surface area contributed by atoms with Gasteiger partial charge < -0.3 is 5.11 Å². The summed E-state index contributed by atoms with van der Waals surface area (Å²) in [6.45, 7) is 13.6. The maximum atomic E-state index is 11.3. The molecule has 28 heavy (non-hydrogen) atoms. The monoisotopic (exact) mass is 426 g/mol. The van der Waals surface area contributed by atoms with Crippen LogP contribution in [0.3, 0.4) is 0 Å². The van der Waals surface area contributed by atoms with Gasteiger partial charge in [-0.25, -0.2) is 0 Å². The second-order valence-corrected chi connectivity index (χ2v) is 15.8. The van der Waals surface area contributed by atoms with Gasteiger partial charge in [-0.2, -0.15) is 0 Å². The minimum absolute atomic E-state index is 0.0388. The number of thiophene rings is 2. The topological polar surface area (TPSA) is 20.2 Å². The van der Waals surface area contributed by atoms with Crippen molar-refractivity contribution in [3.8, 4) is 15.5 Å². The molecule has 2 aromatic heterocycles. The molecule has 0 saturated carbocycles. The predicted octanol–water partition coefficient (Wildman–Crippen LogP) is 7.17. The lowest BCUT2D eigenvalue weighted by Gasteiger charge is -2.38. The first kappa shape index (κ1) is 19.9. The van der Waals surface area contributed by atoms with Gasteiger partial charge in [0.05, 0.1) is 0 Å². The number of phenols is 1. The summed E-state index contributed by atoms with van der Waals surface area (Å²) in [5.41, 5.74) is 6.09. The van der Waals surface area contributed by atoms with Crippen molar-refractivity contribution in [2.24, 2.45) is 0 Å². The highest BCUT2D eigenvalue weighted by molar-refractivity contribution is 7.21. The molecule has 0 saturated heterocycles. The van der Waals surface area contributed by atoms with Crippen molar-refractivity contribution in [1.29, 1.82) is 0 Å². The van der Waals surface area contributed by atoms with Crippen LogP contribution in [0.4, 0.5) is 0 Å². The molecule has 4 heteroatoms. The molecule has 0 unspecified atom stereocenters. The van der Waals surface area contributed by atoms with Gasteiger partial charge in [0.15, 0.2) is 0 Å². The maximum absolute atomic E-state index is 11.3. The van der Waals surface area contributed by atoms with Gasteiger partial charge in [-0.3, -0.25) is 0 Å². The average Bonchev–Trinajstić information content (AvgIpc) is 3.33. The Morgan fingerprint density at radius 3 is 1.96 bits per heavy atom. The van der Waals surface area contributed by atoms with Crippen LogP contribution < -0.4 is 5.19 Å². The highest BCUT2D eigenvalue weighted by Gasteiger charge is 2.48. The van der Waals surface area contributed by atoms with E-state index in [2.05, 4.69) is 76.6 Å². The lowest BCUT2D eigenvalue weighted by molar-refractivity contribution is 0.474. The van der Waals surface area contributed by atoms with Gasteiger partial charge in [-0.1, -0.05) is 52.8 Å². The lowest BCUT2D eigenvalue weighted by atomic mass is 9.84. The molecule has 0 amide bonds. The summed E-state index contributed by atoms with van der Waals surface area (Å²) in [6.07, 6.45) is 0. The minimum Gasteiger partial charge on any atom is -0.508 e. The summed E-state index contributed by atoms with van der Waals surface area (Å²) in [4.78, 5) is 2.94. The van der Waals surface area contributed by atoms with E-state index < -0.39 is 8.07 Å². The van der Waals surface area contributed by atoms with E-state index in [1.54, 1.807) is 0 Å². The fourth-order valence-corrected chi connectivity index (χ4v) is 12.8. The Balaban J connectivity index is 1.95. The maximum Gasteiger partial charge on any atom is 0.115 e. The molecule has 0 radical (unpaired) electrons. The number of aromatic hydroxyl groups is 1. The van der Waals surface area contributed by atoms with Crippen LogP contribution >= 0.6 is 22.7 Å². The standard InChI is InChI=1S/C24H30OS2Si/c1-7-28(8-2,20-13-15(3)18(14-19(20)25)24(4,5)6)23-16-9-11-26-21(16)22-17(23)10-12-27-22/h9-14,23,25H,7-8H2,1-6H3. The highest BCUT2D eigenvalue weighted by Crippen LogP contribution is 2.55. The van der Waals surface area contributed by atoms with Crippen LogP contribution in [0.15, 0.2) is 35.0 Å². The summed E-state index contributed by atoms with van der Waals surface area (Å²) in [7, 11) is -2.01. The smallest absolute Gasteiger partial charge is 0.115 e. The van der Waals surface area contributed by atoms with Crippen LogP contribution in [-0.4, -0.2) is 13.2 Å². The first-order valence-corrected chi connectivity index (χ1v) is 14.5. The largest absolute Gasteiger partial charge is 0.508 e. The van der Waals surface area contributed by atoms with Crippen LogP contribution in [0.1, 0.15) is 62.4 Å². The number of phenolic OH excluding ortho intramolecular Hbond substituents is 1. The highest BCUT2D eigenvalue weighted by atomic mass is 32.1. The van der Waals surface area contributed by atoms with E-state index in [0.717, 1.165) is 12.1 Å². The number of fused-ring (bicyclic) bond motifs is 3. The molecular formula is C24H30OS2Si. The molecule has 2 heterocycles. The van der Waals surface area contributed by atoms with E-state index in [0.29, 0.717) is 11.3 Å². The van der Waals surface area contributed by atoms with E-state index in [1.807, 2.05) is 22.7 Å². The molecule has 0 bridgehead atoms. The molecule has 1 N–H and O–H groups in total. The van der Waals surface area contributed by atoms with Crippen molar-refractivity contribution in [3.05, 3.63) is 57.3 Å². The Morgan fingerprint density at radius 2 is 1.50 bits per heavy atom. The second-order valence-electron chi connectivity index (χ2n) is 9.14. The summed E-state index contributed by atoms with van der Waals surface area (Å²) >= 11 is 3.76. The molecular weight excluding hydrogens is 396 g/mol. The Morgan fingerprint density at radius 1 is 0.964 bits per heavy atom. The molecule has 0 atom stereocenters. The van der Waals surface area contributed by atoms with Crippen molar-refractivity contribution in [3.63, 3.8) is 0 Å². The summed E-state index contributed by atoms with van der Waals surface area (Å²) in [5, 5.41) is 17.0. The van der Waals surface area contributed by atoms with Gasteiger partial charge in [0.25, 0.3) is 0 Å². The molecule has 1 aromatic carbocycles. The Bertz CT molecular complexity index is 977. The Hall–Kier alpha value is -1.36. The summed E-state index contributed by atoms with van der Waals surface area (Å²) in [5.74, 6) is 0.520.